The maximum atomic E-state index is 14.4. The number of ether oxygens (including phenoxy) is 1. The molecule has 4 rings (SSSR count). The van der Waals surface area contributed by atoms with Crippen LogP contribution in [-0.4, -0.2) is 62.9 Å². The molecule has 0 bridgehead atoms. The molecule has 3 saturated heterocycles. The first-order chi connectivity index (χ1) is 12.9. The number of piperidine rings is 1. The molecule has 1 spiro atoms. The lowest BCUT2D eigenvalue weighted by Crippen LogP contribution is -2.36. The Hall–Kier alpha value is -1.51. The second-order valence-corrected chi connectivity index (χ2v) is 9.80. The third-order valence-electron chi connectivity index (χ3n) is 6.02. The molecule has 27 heavy (non-hydrogen) atoms. The van der Waals surface area contributed by atoms with Crippen LogP contribution in [0.4, 0.5) is 4.39 Å². The summed E-state index contributed by atoms with van der Waals surface area (Å²) in [4.78, 5) is 14.2. The minimum absolute atomic E-state index is 0.0262. The van der Waals surface area contributed by atoms with Gasteiger partial charge in [0.25, 0.3) is 5.91 Å². The van der Waals surface area contributed by atoms with E-state index in [0.29, 0.717) is 32.8 Å². The second kappa shape index (κ2) is 7.14. The summed E-state index contributed by atoms with van der Waals surface area (Å²) in [5, 5.41) is 0. The Morgan fingerprint density at radius 3 is 2.59 bits per heavy atom. The largest absolute Gasteiger partial charge is 0.381 e. The lowest BCUT2D eigenvalue weighted by Gasteiger charge is -2.26. The molecule has 0 aliphatic carbocycles. The highest BCUT2D eigenvalue weighted by Gasteiger charge is 2.43. The van der Waals surface area contributed by atoms with Gasteiger partial charge < -0.3 is 9.64 Å². The maximum absolute atomic E-state index is 14.4. The van der Waals surface area contributed by atoms with Crippen LogP contribution in [-0.2, 0) is 14.8 Å². The van der Waals surface area contributed by atoms with E-state index < -0.39 is 20.7 Å². The fourth-order valence-electron chi connectivity index (χ4n) is 4.34. The van der Waals surface area contributed by atoms with Crippen molar-refractivity contribution in [1.82, 2.24) is 9.21 Å². The number of halogens is 1. The topological polar surface area (TPSA) is 66.9 Å². The molecule has 0 radical (unpaired) electrons. The van der Waals surface area contributed by atoms with E-state index in [1.807, 2.05) is 0 Å². The third-order valence-corrected chi connectivity index (χ3v) is 7.94. The second-order valence-electron chi connectivity index (χ2n) is 7.89. The zero-order chi connectivity index (χ0) is 19.1. The van der Waals surface area contributed by atoms with Gasteiger partial charge >= 0.3 is 0 Å². The van der Waals surface area contributed by atoms with Crippen LogP contribution in [0.3, 0.4) is 0 Å². The van der Waals surface area contributed by atoms with Crippen molar-refractivity contribution in [3.8, 4) is 0 Å². The van der Waals surface area contributed by atoms with Crippen LogP contribution >= 0.6 is 0 Å². The summed E-state index contributed by atoms with van der Waals surface area (Å²) < 4.78 is 46.9. The van der Waals surface area contributed by atoms with E-state index in [0.717, 1.165) is 44.8 Å². The van der Waals surface area contributed by atoms with Gasteiger partial charge in [0, 0.05) is 43.8 Å². The molecular weight excluding hydrogens is 371 g/mol. The molecule has 0 aromatic heterocycles. The SMILES string of the molecule is O=C(c1ccc(F)c(S(=O)(=O)N2CCCCC2)c1)N1CCC2(CCOC2)C1. The molecule has 0 N–H and O–H groups in total. The standard InChI is InChI=1S/C19H25FN2O4S/c20-16-5-4-15(12-17(16)27(24,25)22-8-2-1-3-9-22)18(23)21-10-6-19(13-21)7-11-26-14-19/h4-5,12H,1-3,6-11,13-14H2. The summed E-state index contributed by atoms with van der Waals surface area (Å²) in [5.41, 5.74) is 0.251. The Morgan fingerprint density at radius 2 is 1.89 bits per heavy atom. The molecule has 3 aliphatic rings. The average Bonchev–Trinajstić information content (AvgIpc) is 3.32. The molecular formula is C19H25FN2O4S. The Bertz CT molecular complexity index is 830. The van der Waals surface area contributed by atoms with Gasteiger partial charge in [0.1, 0.15) is 10.7 Å². The first-order valence-electron chi connectivity index (χ1n) is 9.58. The van der Waals surface area contributed by atoms with Crippen LogP contribution in [0.5, 0.6) is 0 Å². The number of benzene rings is 1. The van der Waals surface area contributed by atoms with Crippen LogP contribution in [0.1, 0.15) is 42.5 Å². The lowest BCUT2D eigenvalue weighted by atomic mass is 9.87. The number of carbonyl (C=O) groups is 1. The number of amides is 1. The number of hydrogen-bond donors (Lipinski definition) is 0. The lowest BCUT2D eigenvalue weighted by molar-refractivity contribution is 0.0765. The van der Waals surface area contributed by atoms with Gasteiger partial charge in [-0.1, -0.05) is 6.42 Å². The van der Waals surface area contributed by atoms with Gasteiger partial charge in [0.2, 0.25) is 10.0 Å². The third kappa shape index (κ3) is 3.50. The normalized spacial score (nSPS) is 26.8. The predicted molar refractivity (Wildman–Crippen MR) is 97.4 cm³/mol. The molecule has 0 saturated carbocycles. The van der Waals surface area contributed by atoms with Gasteiger partial charge in [0.15, 0.2) is 0 Å². The molecule has 3 aliphatic heterocycles. The summed E-state index contributed by atoms with van der Waals surface area (Å²) in [5.74, 6) is -1.05. The Kier molecular flexibility index (Phi) is 4.98. The van der Waals surface area contributed by atoms with Gasteiger partial charge in [-0.25, -0.2) is 12.8 Å². The van der Waals surface area contributed by atoms with Crippen molar-refractivity contribution in [2.45, 2.75) is 37.0 Å². The molecule has 6 nitrogen and oxygen atoms in total. The summed E-state index contributed by atoms with van der Waals surface area (Å²) in [6.07, 6.45) is 4.36. The van der Waals surface area contributed by atoms with E-state index >= 15 is 0 Å². The number of hydrogen-bond acceptors (Lipinski definition) is 4. The van der Waals surface area contributed by atoms with Crippen molar-refractivity contribution in [3.63, 3.8) is 0 Å². The van der Waals surface area contributed by atoms with E-state index in [-0.39, 0.29) is 16.9 Å². The van der Waals surface area contributed by atoms with Crippen LogP contribution in [0.15, 0.2) is 23.1 Å². The molecule has 8 heteroatoms. The molecule has 3 heterocycles. The number of carbonyl (C=O) groups excluding carboxylic acids is 1. The molecule has 1 unspecified atom stereocenters. The van der Waals surface area contributed by atoms with E-state index in [9.17, 15) is 17.6 Å². The molecule has 1 aromatic rings. The highest BCUT2D eigenvalue weighted by Crippen LogP contribution is 2.38. The van der Waals surface area contributed by atoms with Crippen molar-refractivity contribution < 1.29 is 22.3 Å². The summed E-state index contributed by atoms with van der Waals surface area (Å²) in [6, 6.07) is 3.68. The molecule has 3 fully saturated rings. The maximum Gasteiger partial charge on any atom is 0.253 e. The Labute approximate surface area is 159 Å². The van der Waals surface area contributed by atoms with Crippen LogP contribution < -0.4 is 0 Å². The van der Waals surface area contributed by atoms with Crippen molar-refractivity contribution in [3.05, 3.63) is 29.6 Å². The van der Waals surface area contributed by atoms with Crippen molar-refractivity contribution >= 4 is 15.9 Å². The fraction of sp³-hybridized carbons (Fsp3) is 0.632. The van der Waals surface area contributed by atoms with E-state index in [1.165, 1.54) is 16.4 Å². The van der Waals surface area contributed by atoms with E-state index in [2.05, 4.69) is 0 Å². The van der Waals surface area contributed by atoms with Crippen molar-refractivity contribution in [2.24, 2.45) is 5.41 Å². The number of likely N-dealkylation sites (tertiary alicyclic amines) is 1. The molecule has 1 amide bonds. The average molecular weight is 396 g/mol. The first kappa shape index (κ1) is 18.8. The molecule has 148 valence electrons. The van der Waals surface area contributed by atoms with Crippen LogP contribution in [0.2, 0.25) is 0 Å². The van der Waals surface area contributed by atoms with Crippen molar-refractivity contribution in [1.29, 1.82) is 0 Å². The van der Waals surface area contributed by atoms with Gasteiger partial charge in [0.05, 0.1) is 6.61 Å². The smallest absolute Gasteiger partial charge is 0.253 e. The summed E-state index contributed by atoms with van der Waals surface area (Å²) in [6.45, 7) is 3.40. The minimum atomic E-state index is -3.93. The summed E-state index contributed by atoms with van der Waals surface area (Å²) in [7, 11) is -3.93. The van der Waals surface area contributed by atoms with Gasteiger partial charge in [-0.2, -0.15) is 4.31 Å². The Morgan fingerprint density at radius 1 is 1.11 bits per heavy atom. The minimum Gasteiger partial charge on any atom is -0.381 e. The van der Waals surface area contributed by atoms with Gasteiger partial charge in [-0.3, -0.25) is 4.79 Å². The van der Waals surface area contributed by atoms with E-state index in [4.69, 9.17) is 4.74 Å². The highest BCUT2D eigenvalue weighted by atomic mass is 32.2. The highest BCUT2D eigenvalue weighted by molar-refractivity contribution is 7.89. The zero-order valence-electron chi connectivity index (χ0n) is 15.3. The van der Waals surface area contributed by atoms with Crippen LogP contribution in [0, 0.1) is 11.2 Å². The monoisotopic (exact) mass is 396 g/mol. The van der Waals surface area contributed by atoms with Gasteiger partial charge in [-0.05, 0) is 43.9 Å². The first-order valence-corrected chi connectivity index (χ1v) is 11.0. The van der Waals surface area contributed by atoms with E-state index in [1.54, 1.807) is 4.90 Å². The summed E-state index contributed by atoms with van der Waals surface area (Å²) >= 11 is 0. The number of rotatable bonds is 3. The molecule has 1 aromatic carbocycles. The number of nitrogens with zero attached hydrogens (tertiary/aromatic N) is 2. The molecule has 1 atom stereocenters. The number of sulfonamides is 1. The quantitative estimate of drug-likeness (QED) is 0.786. The van der Waals surface area contributed by atoms with Gasteiger partial charge in [-0.15, -0.1) is 0 Å². The van der Waals surface area contributed by atoms with Crippen LogP contribution in [0.25, 0.3) is 0 Å². The van der Waals surface area contributed by atoms with Crippen molar-refractivity contribution in [2.75, 3.05) is 39.4 Å². The fourth-order valence-corrected chi connectivity index (χ4v) is 5.95. The Balaban J connectivity index is 1.58. The zero-order valence-corrected chi connectivity index (χ0v) is 16.1. The predicted octanol–water partition coefficient (Wildman–Crippen LogP) is 2.25.